The molecule has 0 fully saturated rings. The SMILES string of the molecule is CCCCCCOc1nsnc1C1=CCC[N+](C)(C(C)Oc2ncccc2COC(=O)CN(C)C(=O)OC(C)(C)C)C1.CNC=O.COC. The number of carbonyl (C=O) groups is 3. The molecule has 3 heterocycles. The lowest BCUT2D eigenvalue weighted by Crippen LogP contribution is -2.56. The van der Waals surface area contributed by atoms with Gasteiger partial charge < -0.3 is 33.9 Å². The fourth-order valence-corrected chi connectivity index (χ4v) is 4.98. The summed E-state index contributed by atoms with van der Waals surface area (Å²) < 4.78 is 37.0. The summed E-state index contributed by atoms with van der Waals surface area (Å²) in [5.74, 6) is 0.451. The first-order chi connectivity index (χ1) is 23.2. The number of hydrogen-bond donors (Lipinski definition) is 1. The third kappa shape index (κ3) is 16.4. The van der Waals surface area contributed by atoms with E-state index in [2.05, 4.69) is 43.8 Å². The van der Waals surface area contributed by atoms with Gasteiger partial charge in [0.2, 0.25) is 18.5 Å². The maximum atomic E-state index is 12.5. The molecule has 2 atom stereocenters. The lowest BCUT2D eigenvalue weighted by molar-refractivity contribution is -0.943. The number of amides is 2. The van der Waals surface area contributed by atoms with Gasteiger partial charge in [-0.1, -0.05) is 32.3 Å². The Labute approximate surface area is 296 Å². The van der Waals surface area contributed by atoms with Crippen molar-refractivity contribution in [2.75, 3.05) is 61.6 Å². The van der Waals surface area contributed by atoms with E-state index < -0.39 is 17.7 Å². The van der Waals surface area contributed by atoms with Crippen molar-refractivity contribution in [2.24, 2.45) is 0 Å². The van der Waals surface area contributed by atoms with Crippen molar-refractivity contribution < 1.29 is 42.6 Å². The first-order valence-electron chi connectivity index (χ1n) is 16.4. The molecule has 1 aliphatic heterocycles. The minimum absolute atomic E-state index is 0.0325. The summed E-state index contributed by atoms with van der Waals surface area (Å²) in [6.45, 7) is 11.5. The zero-order chi connectivity index (χ0) is 36.9. The molecule has 0 bridgehead atoms. The predicted molar refractivity (Wildman–Crippen MR) is 189 cm³/mol. The Morgan fingerprint density at radius 3 is 2.49 bits per heavy atom. The monoisotopic (exact) mass is 709 g/mol. The number of nitrogens with one attached hydrogen (secondary N) is 1. The predicted octanol–water partition coefficient (Wildman–Crippen LogP) is 5.09. The molecule has 2 aromatic heterocycles. The highest BCUT2D eigenvalue weighted by Gasteiger charge is 2.36. The van der Waals surface area contributed by atoms with Crippen LogP contribution in [0, 0.1) is 0 Å². The number of rotatable bonds is 15. The van der Waals surface area contributed by atoms with Crippen molar-refractivity contribution in [1.82, 2.24) is 23.9 Å². The summed E-state index contributed by atoms with van der Waals surface area (Å²) in [5, 5.41) is 2.25. The molecule has 2 amide bonds. The van der Waals surface area contributed by atoms with Crippen LogP contribution < -0.4 is 14.8 Å². The summed E-state index contributed by atoms with van der Waals surface area (Å²) >= 11 is 1.17. The number of unbranched alkanes of at least 4 members (excludes halogenated alkanes) is 3. The van der Waals surface area contributed by atoms with Crippen LogP contribution in [-0.4, -0.2) is 115 Å². The number of nitrogens with zero attached hydrogens (tertiary/aromatic N) is 5. The molecular formula is C34H57N6O8S+. The molecule has 0 aliphatic carbocycles. The van der Waals surface area contributed by atoms with E-state index in [1.165, 1.54) is 36.5 Å². The summed E-state index contributed by atoms with van der Waals surface area (Å²) in [4.78, 5) is 39.3. The highest BCUT2D eigenvalue weighted by molar-refractivity contribution is 6.99. The normalized spacial score (nSPS) is 15.9. The van der Waals surface area contributed by atoms with E-state index in [4.69, 9.17) is 23.7 Å². The van der Waals surface area contributed by atoms with Gasteiger partial charge in [0.1, 0.15) is 31.0 Å². The van der Waals surface area contributed by atoms with Crippen LogP contribution in [0.15, 0.2) is 24.4 Å². The number of esters is 1. The van der Waals surface area contributed by atoms with E-state index in [9.17, 15) is 9.59 Å². The first kappa shape index (κ1) is 43.2. The van der Waals surface area contributed by atoms with Crippen LogP contribution in [0.1, 0.15) is 78.0 Å². The standard InChI is InChI=1S/C30H46N5O6S.C2H5NO.C2H6O/c1-8-9-10-11-18-38-28-26(32-42-33-28)23-15-13-17-35(7,20-23)22(2)40-27-24(14-12-16-31-27)21-39-25(36)19-34(6)29(37)41-30(3,4)5;1-3-2-4;1-3-2/h12,14-16,22H,8-11,13,17-21H2,1-7H3;2H,1H3,(H,3,4);1-2H3/q+1;;. The molecule has 2 unspecified atom stereocenters. The van der Waals surface area contributed by atoms with Crippen molar-refractivity contribution in [3.63, 3.8) is 0 Å². The maximum absolute atomic E-state index is 12.5. The van der Waals surface area contributed by atoms with E-state index in [-0.39, 0.29) is 19.4 Å². The smallest absolute Gasteiger partial charge is 0.410 e. The van der Waals surface area contributed by atoms with Crippen molar-refractivity contribution >= 4 is 35.8 Å². The Bertz CT molecular complexity index is 1300. The lowest BCUT2D eigenvalue weighted by Gasteiger charge is -2.41. The number of quaternary nitrogens is 1. The minimum atomic E-state index is -0.654. The first-order valence-corrected chi connectivity index (χ1v) is 17.2. The van der Waals surface area contributed by atoms with Crippen LogP contribution in [0.25, 0.3) is 5.57 Å². The minimum Gasteiger partial charge on any atom is -0.475 e. The van der Waals surface area contributed by atoms with Gasteiger partial charge in [0.05, 0.1) is 37.5 Å². The van der Waals surface area contributed by atoms with Crippen molar-refractivity contribution in [2.45, 2.75) is 85.2 Å². The van der Waals surface area contributed by atoms with Gasteiger partial charge in [-0.25, -0.2) is 9.78 Å². The lowest BCUT2D eigenvalue weighted by atomic mass is 10.0. The van der Waals surface area contributed by atoms with Gasteiger partial charge in [0, 0.05) is 53.4 Å². The third-order valence-corrected chi connectivity index (χ3v) is 7.66. The van der Waals surface area contributed by atoms with Crippen molar-refractivity contribution in [1.29, 1.82) is 0 Å². The van der Waals surface area contributed by atoms with Crippen LogP contribution >= 0.6 is 11.7 Å². The summed E-state index contributed by atoms with van der Waals surface area (Å²) in [5.41, 5.74) is 1.90. The molecule has 0 saturated heterocycles. The highest BCUT2D eigenvalue weighted by atomic mass is 32.1. The van der Waals surface area contributed by atoms with Crippen LogP contribution in [0.5, 0.6) is 11.8 Å². The largest absolute Gasteiger partial charge is 0.475 e. The van der Waals surface area contributed by atoms with Crippen LogP contribution in [-0.2, 0) is 30.4 Å². The Balaban J connectivity index is 0.00000157. The van der Waals surface area contributed by atoms with Crippen LogP contribution in [0.4, 0.5) is 4.79 Å². The van der Waals surface area contributed by atoms with E-state index in [0.717, 1.165) is 37.1 Å². The molecule has 15 heteroatoms. The van der Waals surface area contributed by atoms with Gasteiger partial charge in [0.25, 0.3) is 5.88 Å². The number of aromatic nitrogens is 3. The fourth-order valence-electron chi connectivity index (χ4n) is 4.45. The number of ether oxygens (including phenoxy) is 5. The third-order valence-electron chi connectivity index (χ3n) is 7.15. The molecule has 0 radical (unpaired) electrons. The molecule has 0 spiro atoms. The molecule has 0 aromatic carbocycles. The molecular weight excluding hydrogens is 652 g/mol. The molecule has 276 valence electrons. The maximum Gasteiger partial charge on any atom is 0.410 e. The van der Waals surface area contributed by atoms with Gasteiger partial charge in [-0.05, 0) is 39.3 Å². The van der Waals surface area contributed by atoms with Crippen LogP contribution in [0.2, 0.25) is 0 Å². The number of pyridine rings is 1. The number of hydrogen-bond acceptors (Lipinski definition) is 12. The Morgan fingerprint density at radius 2 is 1.86 bits per heavy atom. The van der Waals surface area contributed by atoms with Gasteiger partial charge in [-0.3, -0.25) is 14.1 Å². The number of likely N-dealkylation sites (N-methyl/N-ethyl adjacent to an activating group) is 2. The topological polar surface area (TPSA) is 151 Å². The summed E-state index contributed by atoms with van der Waals surface area (Å²) in [6, 6.07) is 3.58. The Hall–Kier alpha value is -3.82. The van der Waals surface area contributed by atoms with Gasteiger partial charge >= 0.3 is 12.1 Å². The molecule has 2 aromatic rings. The second-order valence-electron chi connectivity index (χ2n) is 12.7. The number of methoxy groups -OCH3 is 1. The van der Waals surface area contributed by atoms with Gasteiger partial charge in [0.15, 0.2) is 0 Å². The highest BCUT2D eigenvalue weighted by Crippen LogP contribution is 2.32. The van der Waals surface area contributed by atoms with Crippen molar-refractivity contribution in [3.05, 3.63) is 35.7 Å². The van der Waals surface area contributed by atoms with E-state index >= 15 is 0 Å². The Kier molecular flexibility index (Phi) is 20.1. The molecule has 3 rings (SSSR count). The van der Waals surface area contributed by atoms with Crippen LogP contribution in [0.3, 0.4) is 0 Å². The summed E-state index contributed by atoms with van der Waals surface area (Å²) in [7, 11) is 8.45. The molecule has 0 saturated carbocycles. The van der Waals surface area contributed by atoms with E-state index in [1.807, 2.05) is 13.0 Å². The average Bonchev–Trinajstić information content (AvgIpc) is 3.52. The molecule has 1 aliphatic rings. The van der Waals surface area contributed by atoms with E-state index in [0.29, 0.717) is 41.4 Å². The average molecular weight is 710 g/mol. The number of carbonyl (C=O) groups excluding carboxylic acids is 3. The van der Waals surface area contributed by atoms with Crippen molar-refractivity contribution in [3.8, 4) is 11.8 Å². The quantitative estimate of drug-likeness (QED) is 0.114. The summed E-state index contributed by atoms with van der Waals surface area (Å²) in [6.07, 6.45) is 9.06. The van der Waals surface area contributed by atoms with Gasteiger partial charge in [-0.15, -0.1) is 4.37 Å². The zero-order valence-corrected chi connectivity index (χ0v) is 31.8. The second kappa shape index (κ2) is 22.7. The fraction of sp³-hybridized carbons (Fsp3) is 0.647. The zero-order valence-electron chi connectivity index (χ0n) is 30.9. The van der Waals surface area contributed by atoms with Gasteiger partial charge in [-0.2, -0.15) is 4.37 Å². The molecule has 1 N–H and O–H groups in total. The second-order valence-corrected chi connectivity index (χ2v) is 13.2. The Morgan fingerprint density at radius 1 is 1.16 bits per heavy atom. The molecule has 49 heavy (non-hydrogen) atoms. The van der Waals surface area contributed by atoms with E-state index in [1.54, 1.807) is 54.3 Å². The molecule has 14 nitrogen and oxygen atoms in total.